The standard InChI is InChI=1S/C48H36F6N4O2S3/c1-31-5-3-6-40(25-31)57-27-43(55-45(57)61-29-32-9-21-38(22-10-32)47(49,50)51)36-17-13-34(14-18-36)35-15-19-37(20-16-35)44-28-58(41-7-4-8-42(26-41)63(2,59)60)46(56-44)62-30-33-11-23-39(24-12-33)48(52,53)54/h3-28H,29-30H2,1-2H3. The molecule has 8 aromatic rings. The first-order valence-corrected chi connectivity index (χ1v) is 23.2. The average molecular weight is 911 g/mol. The number of hydrogen-bond acceptors (Lipinski definition) is 6. The molecule has 15 heteroatoms. The highest BCUT2D eigenvalue weighted by Crippen LogP contribution is 2.36. The van der Waals surface area contributed by atoms with Crippen LogP contribution in [0.4, 0.5) is 26.3 Å². The molecule has 0 fully saturated rings. The Kier molecular flexibility index (Phi) is 12.2. The lowest BCUT2D eigenvalue weighted by atomic mass is 10.0. The van der Waals surface area contributed by atoms with E-state index < -0.39 is 33.3 Å². The van der Waals surface area contributed by atoms with E-state index in [0.717, 1.165) is 75.3 Å². The first-order chi connectivity index (χ1) is 30.0. The topological polar surface area (TPSA) is 69.8 Å². The Morgan fingerprint density at radius 2 is 0.921 bits per heavy atom. The Hall–Kier alpha value is -6.03. The molecule has 2 aromatic heterocycles. The molecular formula is C48H36F6N4O2S3. The van der Waals surface area contributed by atoms with E-state index in [2.05, 4.69) is 0 Å². The third-order valence-electron chi connectivity index (χ3n) is 10.1. The van der Waals surface area contributed by atoms with Gasteiger partial charge in [-0.15, -0.1) is 0 Å². The van der Waals surface area contributed by atoms with Crippen molar-refractivity contribution in [1.82, 2.24) is 19.1 Å². The van der Waals surface area contributed by atoms with E-state index >= 15 is 0 Å². The van der Waals surface area contributed by atoms with Crippen LogP contribution in [-0.4, -0.2) is 33.8 Å². The molecule has 0 aliphatic heterocycles. The number of imidazole rings is 2. The van der Waals surface area contributed by atoms with Gasteiger partial charge in [0.15, 0.2) is 20.2 Å². The number of sulfone groups is 1. The van der Waals surface area contributed by atoms with Crippen molar-refractivity contribution in [3.8, 4) is 45.0 Å². The number of benzene rings is 6. The minimum atomic E-state index is -4.44. The Morgan fingerprint density at radius 1 is 0.524 bits per heavy atom. The predicted octanol–water partition coefficient (Wildman–Crippen LogP) is 13.4. The van der Waals surface area contributed by atoms with Gasteiger partial charge in [0.05, 0.1) is 27.4 Å². The van der Waals surface area contributed by atoms with Crippen LogP contribution >= 0.6 is 23.5 Å². The fourth-order valence-electron chi connectivity index (χ4n) is 6.76. The second-order valence-corrected chi connectivity index (χ2v) is 18.7. The number of nitrogens with zero attached hydrogens (tertiary/aromatic N) is 4. The van der Waals surface area contributed by atoms with E-state index in [1.165, 1.54) is 53.9 Å². The van der Waals surface area contributed by atoms with Crippen LogP contribution in [0.2, 0.25) is 0 Å². The first kappa shape index (κ1) is 43.6. The predicted molar refractivity (Wildman–Crippen MR) is 237 cm³/mol. The van der Waals surface area contributed by atoms with Crippen LogP contribution in [0.5, 0.6) is 0 Å². The molecule has 0 amide bonds. The molecule has 0 spiro atoms. The van der Waals surface area contributed by atoms with Gasteiger partial charge in [0.2, 0.25) is 0 Å². The maximum absolute atomic E-state index is 13.2. The van der Waals surface area contributed by atoms with Crippen LogP contribution in [-0.2, 0) is 33.7 Å². The number of rotatable bonds is 12. The smallest absolute Gasteiger partial charge is 0.294 e. The first-order valence-electron chi connectivity index (χ1n) is 19.3. The number of aryl methyl sites for hydroxylation is 1. The minimum Gasteiger partial charge on any atom is -0.294 e. The largest absolute Gasteiger partial charge is 0.416 e. The van der Waals surface area contributed by atoms with Crippen molar-refractivity contribution in [1.29, 1.82) is 0 Å². The number of thioether (sulfide) groups is 2. The summed E-state index contributed by atoms with van der Waals surface area (Å²) in [6.45, 7) is 2.00. The molecule has 2 heterocycles. The van der Waals surface area contributed by atoms with Gasteiger partial charge in [-0.3, -0.25) is 9.13 Å². The van der Waals surface area contributed by atoms with Crippen LogP contribution in [0.15, 0.2) is 173 Å². The van der Waals surface area contributed by atoms with Crippen LogP contribution in [0.1, 0.15) is 27.8 Å². The van der Waals surface area contributed by atoms with Gasteiger partial charge < -0.3 is 0 Å². The van der Waals surface area contributed by atoms with Gasteiger partial charge in [-0.25, -0.2) is 18.4 Å². The Balaban J connectivity index is 1.03. The summed E-state index contributed by atoms with van der Waals surface area (Å²) in [5.41, 5.74) is 7.47. The summed E-state index contributed by atoms with van der Waals surface area (Å²) in [6.07, 6.45) is -3.94. The van der Waals surface area contributed by atoms with Gasteiger partial charge in [-0.05, 0) is 89.3 Å². The van der Waals surface area contributed by atoms with Crippen LogP contribution in [0, 0.1) is 6.92 Å². The van der Waals surface area contributed by atoms with Crippen LogP contribution < -0.4 is 0 Å². The van der Waals surface area contributed by atoms with E-state index in [1.54, 1.807) is 22.8 Å². The minimum absolute atomic E-state index is 0.139. The van der Waals surface area contributed by atoms with E-state index in [1.807, 2.05) is 96.7 Å². The summed E-state index contributed by atoms with van der Waals surface area (Å²) in [6, 6.07) is 40.4. The Labute approximate surface area is 368 Å². The van der Waals surface area contributed by atoms with E-state index in [4.69, 9.17) is 9.97 Å². The van der Waals surface area contributed by atoms with E-state index in [9.17, 15) is 34.8 Å². The van der Waals surface area contributed by atoms with Gasteiger partial charge in [0, 0.05) is 52.7 Å². The lowest BCUT2D eigenvalue weighted by Gasteiger charge is -2.10. The number of halogens is 6. The summed E-state index contributed by atoms with van der Waals surface area (Å²) < 4.78 is 108. The lowest BCUT2D eigenvalue weighted by molar-refractivity contribution is -0.138. The Bertz CT molecular complexity index is 3000. The zero-order valence-electron chi connectivity index (χ0n) is 33.5. The zero-order chi connectivity index (χ0) is 44.5. The Morgan fingerprint density at radius 3 is 1.32 bits per heavy atom. The van der Waals surface area contributed by atoms with E-state index in [-0.39, 0.29) is 4.90 Å². The van der Waals surface area contributed by atoms with Crippen LogP contribution in [0.25, 0.3) is 45.0 Å². The van der Waals surface area contributed by atoms with Gasteiger partial charge in [-0.2, -0.15) is 26.3 Å². The summed E-state index contributed by atoms with van der Waals surface area (Å²) in [7, 11) is -3.51. The average Bonchev–Trinajstić information content (AvgIpc) is 3.90. The lowest BCUT2D eigenvalue weighted by Crippen LogP contribution is -2.04. The molecule has 63 heavy (non-hydrogen) atoms. The fourth-order valence-corrected chi connectivity index (χ4v) is 9.32. The molecule has 0 N–H and O–H groups in total. The number of hydrogen-bond donors (Lipinski definition) is 0. The fraction of sp³-hybridized carbons (Fsp3) is 0.125. The normalized spacial score (nSPS) is 12.2. The number of aromatic nitrogens is 4. The molecule has 6 nitrogen and oxygen atoms in total. The van der Waals surface area contributed by atoms with Gasteiger partial charge in [0.25, 0.3) is 0 Å². The maximum Gasteiger partial charge on any atom is 0.416 e. The second-order valence-electron chi connectivity index (χ2n) is 14.8. The molecule has 0 atom stereocenters. The molecule has 0 aliphatic rings. The third kappa shape index (κ3) is 10.3. The van der Waals surface area contributed by atoms with Gasteiger partial charge in [-0.1, -0.05) is 115 Å². The van der Waals surface area contributed by atoms with Crippen molar-refractivity contribution in [3.05, 3.63) is 186 Å². The molecular weight excluding hydrogens is 875 g/mol. The molecule has 0 saturated carbocycles. The molecule has 0 unspecified atom stereocenters. The van der Waals surface area contributed by atoms with Crippen LogP contribution in [0.3, 0.4) is 0 Å². The van der Waals surface area contributed by atoms with Gasteiger partial charge >= 0.3 is 12.4 Å². The summed E-state index contributed by atoms with van der Waals surface area (Å²) in [5.74, 6) is 0.749. The summed E-state index contributed by atoms with van der Waals surface area (Å²) in [5, 5.41) is 1.23. The summed E-state index contributed by atoms with van der Waals surface area (Å²) in [4.78, 5) is 9.99. The van der Waals surface area contributed by atoms with Crippen molar-refractivity contribution < 1.29 is 34.8 Å². The molecule has 0 radical (unpaired) electrons. The molecule has 320 valence electrons. The highest BCUT2D eigenvalue weighted by Gasteiger charge is 2.31. The zero-order valence-corrected chi connectivity index (χ0v) is 36.0. The third-order valence-corrected chi connectivity index (χ3v) is 13.3. The monoisotopic (exact) mass is 910 g/mol. The van der Waals surface area contributed by atoms with Crippen molar-refractivity contribution in [2.45, 2.75) is 46.0 Å². The van der Waals surface area contributed by atoms with Crippen molar-refractivity contribution >= 4 is 33.4 Å². The second kappa shape index (κ2) is 17.6. The molecule has 0 bridgehead atoms. The van der Waals surface area contributed by atoms with Crippen molar-refractivity contribution in [2.24, 2.45) is 0 Å². The maximum atomic E-state index is 13.2. The summed E-state index contributed by atoms with van der Waals surface area (Å²) >= 11 is 2.76. The van der Waals surface area contributed by atoms with Crippen molar-refractivity contribution in [3.63, 3.8) is 0 Å². The number of alkyl halides is 6. The quantitative estimate of drug-likeness (QED) is 0.0898. The van der Waals surface area contributed by atoms with E-state index in [0.29, 0.717) is 38.8 Å². The highest BCUT2D eigenvalue weighted by atomic mass is 32.2. The van der Waals surface area contributed by atoms with Gasteiger partial charge in [0.1, 0.15) is 0 Å². The molecule has 0 saturated heterocycles. The SMILES string of the molecule is Cc1cccc(-n2cc(-c3ccc(-c4ccc(-c5cn(-c6cccc(S(C)(=O)=O)c6)c(SCc6ccc(C(F)(F)F)cc6)n5)cc4)cc3)nc2SCc2ccc(C(F)(F)F)cc2)c1. The molecule has 8 rings (SSSR count). The van der Waals surface area contributed by atoms with Crippen molar-refractivity contribution in [2.75, 3.05) is 6.26 Å². The molecule has 0 aliphatic carbocycles. The molecule has 6 aromatic carbocycles. The highest BCUT2D eigenvalue weighted by molar-refractivity contribution is 7.98.